The smallest absolute Gasteiger partial charge is 0.181 e. The zero-order valence-electron chi connectivity index (χ0n) is 9.67. The van der Waals surface area contributed by atoms with Crippen molar-refractivity contribution in [2.75, 3.05) is 6.61 Å². The molecule has 0 aliphatic heterocycles. The number of aryl methyl sites for hydroxylation is 1. The van der Waals surface area contributed by atoms with Crippen LogP contribution >= 0.6 is 11.3 Å². The summed E-state index contributed by atoms with van der Waals surface area (Å²) in [5, 5.41) is 11.9. The van der Waals surface area contributed by atoms with Gasteiger partial charge in [0.25, 0.3) is 0 Å². The maximum atomic E-state index is 8.80. The van der Waals surface area contributed by atoms with Crippen molar-refractivity contribution in [2.45, 2.75) is 12.8 Å². The molecule has 4 nitrogen and oxygen atoms in total. The number of fused-ring (bicyclic) bond motifs is 1. The number of nitrogens with zero attached hydrogens (tertiary/aromatic N) is 2. The Morgan fingerprint density at radius 2 is 2.28 bits per heavy atom. The number of hydrogen-bond acceptors (Lipinski definition) is 5. The first-order valence-electron chi connectivity index (χ1n) is 5.76. The minimum atomic E-state index is 0.207. The summed E-state index contributed by atoms with van der Waals surface area (Å²) in [7, 11) is 0. The van der Waals surface area contributed by atoms with Gasteiger partial charge in [-0.1, -0.05) is 6.07 Å². The topological polar surface area (TPSA) is 59.2 Å². The summed E-state index contributed by atoms with van der Waals surface area (Å²) < 4.78 is 5.28. The zero-order chi connectivity index (χ0) is 12.4. The van der Waals surface area contributed by atoms with E-state index in [1.165, 1.54) is 6.39 Å². The molecule has 18 heavy (non-hydrogen) atoms. The number of thiazole rings is 1. The van der Waals surface area contributed by atoms with E-state index in [0.29, 0.717) is 0 Å². The number of aliphatic hydroxyl groups is 1. The highest BCUT2D eigenvalue weighted by Crippen LogP contribution is 2.25. The predicted octanol–water partition coefficient (Wildman–Crippen LogP) is 2.88. The van der Waals surface area contributed by atoms with Gasteiger partial charge in [-0.05, 0) is 18.6 Å². The Hall–Kier alpha value is -1.72. The van der Waals surface area contributed by atoms with Crippen LogP contribution < -0.4 is 0 Å². The normalized spacial score (nSPS) is 11.2. The van der Waals surface area contributed by atoms with Crippen molar-refractivity contribution in [3.05, 3.63) is 35.0 Å². The maximum absolute atomic E-state index is 8.80. The van der Waals surface area contributed by atoms with Gasteiger partial charge in [0.05, 0.1) is 10.7 Å². The van der Waals surface area contributed by atoms with E-state index in [1.54, 1.807) is 11.3 Å². The molecule has 0 aliphatic carbocycles. The summed E-state index contributed by atoms with van der Waals surface area (Å²) in [6, 6.07) is 5.88. The van der Waals surface area contributed by atoms with E-state index in [0.717, 1.165) is 40.2 Å². The summed E-state index contributed by atoms with van der Waals surface area (Å²) in [6.07, 6.45) is 3.03. The first-order chi connectivity index (χ1) is 8.86. The number of benzene rings is 1. The van der Waals surface area contributed by atoms with E-state index in [4.69, 9.17) is 9.52 Å². The molecule has 3 rings (SSSR count). The van der Waals surface area contributed by atoms with Crippen molar-refractivity contribution >= 4 is 22.4 Å². The monoisotopic (exact) mass is 260 g/mol. The number of hydrogen-bond donors (Lipinski definition) is 1. The van der Waals surface area contributed by atoms with Gasteiger partial charge in [0, 0.05) is 24.0 Å². The van der Waals surface area contributed by atoms with Gasteiger partial charge >= 0.3 is 0 Å². The molecule has 0 amide bonds. The van der Waals surface area contributed by atoms with Crippen LogP contribution in [0.5, 0.6) is 0 Å². The Kier molecular flexibility index (Phi) is 3.08. The second-order valence-corrected chi connectivity index (χ2v) is 4.93. The molecular formula is C13H12N2O2S. The van der Waals surface area contributed by atoms with E-state index in [-0.39, 0.29) is 6.61 Å². The van der Waals surface area contributed by atoms with E-state index in [1.807, 2.05) is 23.6 Å². The molecule has 0 spiro atoms. The van der Waals surface area contributed by atoms with Gasteiger partial charge in [0.1, 0.15) is 5.52 Å². The highest BCUT2D eigenvalue weighted by molar-refractivity contribution is 7.09. The molecule has 3 aromatic rings. The minimum Gasteiger partial charge on any atom is -0.443 e. The molecule has 0 saturated heterocycles. The first-order valence-corrected chi connectivity index (χ1v) is 6.63. The highest BCUT2D eigenvalue weighted by atomic mass is 32.1. The second-order valence-electron chi connectivity index (χ2n) is 3.99. The fourth-order valence-corrected chi connectivity index (χ4v) is 2.65. The van der Waals surface area contributed by atoms with E-state index >= 15 is 0 Å². The van der Waals surface area contributed by atoms with Crippen LogP contribution in [0.15, 0.2) is 34.4 Å². The summed E-state index contributed by atoms with van der Waals surface area (Å²) >= 11 is 1.62. The molecule has 2 heterocycles. The third kappa shape index (κ3) is 2.14. The summed E-state index contributed by atoms with van der Waals surface area (Å²) in [4.78, 5) is 8.64. The van der Waals surface area contributed by atoms with E-state index in [2.05, 4.69) is 9.97 Å². The molecule has 0 atom stereocenters. The van der Waals surface area contributed by atoms with Crippen LogP contribution in [-0.2, 0) is 6.42 Å². The van der Waals surface area contributed by atoms with Crippen LogP contribution in [0.1, 0.15) is 11.4 Å². The molecule has 0 bridgehead atoms. The van der Waals surface area contributed by atoms with Crippen LogP contribution in [0.2, 0.25) is 0 Å². The van der Waals surface area contributed by atoms with Gasteiger partial charge in [-0.25, -0.2) is 9.97 Å². The Morgan fingerprint density at radius 3 is 3.17 bits per heavy atom. The van der Waals surface area contributed by atoms with Gasteiger partial charge in [-0.15, -0.1) is 11.3 Å². The van der Waals surface area contributed by atoms with Gasteiger partial charge in [-0.2, -0.15) is 0 Å². The lowest BCUT2D eigenvalue weighted by Gasteiger charge is -1.96. The molecule has 0 saturated carbocycles. The third-order valence-electron chi connectivity index (χ3n) is 2.73. The van der Waals surface area contributed by atoms with Gasteiger partial charge in [0.2, 0.25) is 0 Å². The average Bonchev–Trinajstić information content (AvgIpc) is 3.04. The standard InChI is InChI=1S/C13H12N2O2S/c16-5-1-2-13-15-11(7-18-13)9-3-4-10-12(6-9)17-8-14-10/h3-4,6-8,16H,1-2,5H2. The molecule has 92 valence electrons. The van der Waals surface area contributed by atoms with Crippen molar-refractivity contribution in [3.8, 4) is 11.3 Å². The zero-order valence-corrected chi connectivity index (χ0v) is 10.5. The van der Waals surface area contributed by atoms with Crippen LogP contribution in [0.3, 0.4) is 0 Å². The van der Waals surface area contributed by atoms with Crippen molar-refractivity contribution in [1.29, 1.82) is 0 Å². The van der Waals surface area contributed by atoms with Gasteiger partial charge < -0.3 is 9.52 Å². The van der Waals surface area contributed by atoms with Crippen LogP contribution in [0.25, 0.3) is 22.4 Å². The molecule has 5 heteroatoms. The van der Waals surface area contributed by atoms with E-state index < -0.39 is 0 Å². The Balaban J connectivity index is 1.90. The number of aromatic nitrogens is 2. The number of rotatable bonds is 4. The average molecular weight is 260 g/mol. The second kappa shape index (κ2) is 4.88. The number of aliphatic hydroxyl groups excluding tert-OH is 1. The van der Waals surface area contributed by atoms with Crippen molar-refractivity contribution < 1.29 is 9.52 Å². The Bertz CT molecular complexity index is 660. The van der Waals surface area contributed by atoms with Crippen LogP contribution in [0, 0.1) is 0 Å². The summed E-state index contributed by atoms with van der Waals surface area (Å²) in [5.41, 5.74) is 3.61. The van der Waals surface area contributed by atoms with Crippen molar-refractivity contribution in [3.63, 3.8) is 0 Å². The summed E-state index contributed by atoms with van der Waals surface area (Å²) in [6.45, 7) is 0.207. The van der Waals surface area contributed by atoms with Crippen LogP contribution in [-0.4, -0.2) is 21.7 Å². The third-order valence-corrected chi connectivity index (χ3v) is 3.64. The summed E-state index contributed by atoms with van der Waals surface area (Å²) in [5.74, 6) is 0. The quantitative estimate of drug-likeness (QED) is 0.783. The molecule has 0 radical (unpaired) electrons. The molecule has 0 aliphatic rings. The lowest BCUT2D eigenvalue weighted by atomic mass is 10.1. The highest BCUT2D eigenvalue weighted by Gasteiger charge is 2.06. The molecule has 0 unspecified atom stereocenters. The lowest BCUT2D eigenvalue weighted by Crippen LogP contribution is -1.88. The SMILES string of the molecule is OCCCc1nc(-c2ccc3ncoc3c2)cs1. The Morgan fingerprint density at radius 1 is 1.33 bits per heavy atom. The molecule has 1 N–H and O–H groups in total. The van der Waals surface area contributed by atoms with Gasteiger partial charge in [-0.3, -0.25) is 0 Å². The van der Waals surface area contributed by atoms with E-state index in [9.17, 15) is 0 Å². The molecular weight excluding hydrogens is 248 g/mol. The predicted molar refractivity (Wildman–Crippen MR) is 70.5 cm³/mol. The van der Waals surface area contributed by atoms with Crippen molar-refractivity contribution in [1.82, 2.24) is 9.97 Å². The first kappa shape index (κ1) is 11.4. The van der Waals surface area contributed by atoms with Gasteiger partial charge in [0.15, 0.2) is 12.0 Å². The maximum Gasteiger partial charge on any atom is 0.181 e. The van der Waals surface area contributed by atoms with Crippen molar-refractivity contribution in [2.24, 2.45) is 0 Å². The largest absolute Gasteiger partial charge is 0.443 e. The molecule has 0 fully saturated rings. The van der Waals surface area contributed by atoms with Crippen LogP contribution in [0.4, 0.5) is 0 Å². The molecule has 2 aromatic heterocycles. The molecule has 1 aromatic carbocycles. The fraction of sp³-hybridized carbons (Fsp3) is 0.231. The lowest BCUT2D eigenvalue weighted by molar-refractivity contribution is 0.288. The number of oxazole rings is 1. The fourth-order valence-electron chi connectivity index (χ4n) is 1.80. The Labute approximate surface area is 108 Å². The minimum absolute atomic E-state index is 0.207.